The highest BCUT2D eigenvalue weighted by Gasteiger charge is 2.08. The molecular formula is C7H7BrN2O3. The Morgan fingerprint density at radius 1 is 1.69 bits per heavy atom. The average Bonchev–Trinajstić information content (AvgIpc) is 2.03. The molecule has 0 aromatic carbocycles. The van der Waals surface area contributed by atoms with E-state index in [4.69, 9.17) is 10.5 Å². The first-order valence-corrected chi connectivity index (χ1v) is 4.09. The van der Waals surface area contributed by atoms with Gasteiger partial charge in [0.05, 0.1) is 7.11 Å². The van der Waals surface area contributed by atoms with E-state index in [1.54, 1.807) is 0 Å². The van der Waals surface area contributed by atoms with Gasteiger partial charge in [0, 0.05) is 16.7 Å². The van der Waals surface area contributed by atoms with Gasteiger partial charge in [-0.2, -0.15) is 0 Å². The highest BCUT2D eigenvalue weighted by atomic mass is 79.9. The van der Waals surface area contributed by atoms with Crippen molar-refractivity contribution in [3.63, 3.8) is 0 Å². The summed E-state index contributed by atoms with van der Waals surface area (Å²) in [5.74, 6) is 0.395. The van der Waals surface area contributed by atoms with Crippen LogP contribution in [0.15, 0.2) is 16.7 Å². The molecule has 1 aromatic heterocycles. The molecular weight excluding hydrogens is 240 g/mol. The minimum atomic E-state index is -0.904. The highest BCUT2D eigenvalue weighted by Crippen LogP contribution is 2.27. The number of hydrogen-bond donors (Lipinski definition) is 1. The molecule has 2 N–H and O–H groups in total. The Morgan fingerprint density at radius 2 is 2.38 bits per heavy atom. The maximum Gasteiger partial charge on any atom is 0.410 e. The summed E-state index contributed by atoms with van der Waals surface area (Å²) in [5, 5.41) is 0. The Labute approximate surface area is 83.0 Å². The fourth-order valence-corrected chi connectivity index (χ4v) is 1.05. The van der Waals surface area contributed by atoms with E-state index in [9.17, 15) is 4.79 Å². The number of aromatic nitrogens is 1. The number of rotatable bonds is 2. The van der Waals surface area contributed by atoms with Crippen molar-refractivity contribution in [1.29, 1.82) is 0 Å². The smallest absolute Gasteiger partial charge is 0.410 e. The first kappa shape index (κ1) is 9.79. The zero-order valence-corrected chi connectivity index (χ0v) is 8.37. The molecule has 0 saturated carbocycles. The summed E-state index contributed by atoms with van der Waals surface area (Å²) in [6.45, 7) is 0. The number of ether oxygens (including phenoxy) is 2. The van der Waals surface area contributed by atoms with Gasteiger partial charge in [0.15, 0.2) is 5.75 Å². The van der Waals surface area contributed by atoms with Gasteiger partial charge < -0.3 is 15.2 Å². The summed E-state index contributed by atoms with van der Waals surface area (Å²) < 4.78 is 10.1. The van der Waals surface area contributed by atoms with Crippen LogP contribution in [0.4, 0.5) is 4.79 Å². The standard InChI is InChI=1S/C7H7BrN2O3/c1-12-6-5(13-7(9)11)2-4(8)3-10-6/h2-3H,1H3,(H2,9,11). The van der Waals surface area contributed by atoms with E-state index in [1.165, 1.54) is 19.4 Å². The van der Waals surface area contributed by atoms with Crippen molar-refractivity contribution in [1.82, 2.24) is 4.98 Å². The minimum absolute atomic E-state index is 0.185. The van der Waals surface area contributed by atoms with Crippen LogP contribution < -0.4 is 15.2 Å². The summed E-state index contributed by atoms with van der Waals surface area (Å²) in [6, 6.07) is 1.54. The lowest BCUT2D eigenvalue weighted by molar-refractivity contribution is 0.208. The molecule has 0 aliphatic rings. The number of primary amides is 1. The summed E-state index contributed by atoms with van der Waals surface area (Å²) in [5.41, 5.74) is 4.84. The number of nitrogens with two attached hydrogens (primary N) is 1. The van der Waals surface area contributed by atoms with Crippen LogP contribution in [-0.4, -0.2) is 18.2 Å². The van der Waals surface area contributed by atoms with Gasteiger partial charge in [-0.1, -0.05) is 0 Å². The van der Waals surface area contributed by atoms with Crippen molar-refractivity contribution in [3.8, 4) is 11.6 Å². The van der Waals surface area contributed by atoms with Gasteiger partial charge in [-0.05, 0) is 15.9 Å². The maximum absolute atomic E-state index is 10.4. The molecule has 0 radical (unpaired) electrons. The molecule has 0 saturated heterocycles. The van der Waals surface area contributed by atoms with Gasteiger partial charge in [-0.15, -0.1) is 0 Å². The van der Waals surface area contributed by atoms with E-state index < -0.39 is 6.09 Å². The number of carbonyl (C=O) groups is 1. The molecule has 0 atom stereocenters. The molecule has 0 aliphatic carbocycles. The van der Waals surface area contributed by atoms with Gasteiger partial charge in [0.2, 0.25) is 0 Å². The Kier molecular flexibility index (Phi) is 3.07. The fraction of sp³-hybridized carbons (Fsp3) is 0.143. The number of carbonyl (C=O) groups excluding carboxylic acids is 1. The van der Waals surface area contributed by atoms with E-state index in [-0.39, 0.29) is 11.6 Å². The van der Waals surface area contributed by atoms with Crippen molar-refractivity contribution in [3.05, 3.63) is 16.7 Å². The molecule has 0 fully saturated rings. The SMILES string of the molecule is COc1ncc(Br)cc1OC(N)=O. The van der Waals surface area contributed by atoms with Crippen LogP contribution in [0.2, 0.25) is 0 Å². The second-order valence-corrected chi connectivity index (χ2v) is 3.00. The third-order valence-electron chi connectivity index (χ3n) is 1.19. The molecule has 70 valence electrons. The average molecular weight is 247 g/mol. The number of halogens is 1. The molecule has 1 heterocycles. The lowest BCUT2D eigenvalue weighted by Crippen LogP contribution is -2.16. The second kappa shape index (κ2) is 4.08. The van der Waals surface area contributed by atoms with Gasteiger partial charge in [-0.25, -0.2) is 9.78 Å². The molecule has 1 aromatic rings. The second-order valence-electron chi connectivity index (χ2n) is 2.08. The molecule has 6 heteroatoms. The van der Waals surface area contributed by atoms with Gasteiger partial charge in [0.25, 0.3) is 5.88 Å². The van der Waals surface area contributed by atoms with Gasteiger partial charge >= 0.3 is 6.09 Å². The van der Waals surface area contributed by atoms with E-state index in [0.29, 0.717) is 4.47 Å². The first-order chi connectivity index (χ1) is 6.13. The van der Waals surface area contributed by atoms with Crippen LogP contribution in [0.3, 0.4) is 0 Å². The van der Waals surface area contributed by atoms with Crippen LogP contribution in [0.25, 0.3) is 0 Å². The number of nitrogens with zero attached hydrogens (tertiary/aromatic N) is 1. The fourth-order valence-electron chi connectivity index (χ4n) is 0.743. The summed E-state index contributed by atoms with van der Waals surface area (Å²) >= 11 is 3.17. The van der Waals surface area contributed by atoms with E-state index in [2.05, 4.69) is 25.7 Å². The van der Waals surface area contributed by atoms with Crippen LogP contribution in [0.1, 0.15) is 0 Å². The van der Waals surface area contributed by atoms with E-state index in [0.717, 1.165) is 0 Å². The number of pyridine rings is 1. The lowest BCUT2D eigenvalue weighted by atomic mass is 10.4. The Morgan fingerprint density at radius 3 is 2.92 bits per heavy atom. The summed E-state index contributed by atoms with van der Waals surface area (Å²) in [7, 11) is 1.42. The number of hydrogen-bond acceptors (Lipinski definition) is 4. The van der Waals surface area contributed by atoms with Crippen LogP contribution >= 0.6 is 15.9 Å². The summed E-state index contributed by atoms with van der Waals surface area (Å²) in [6.07, 6.45) is 0.616. The predicted octanol–water partition coefficient (Wildman–Crippen LogP) is 1.31. The van der Waals surface area contributed by atoms with Crippen molar-refractivity contribution in [2.75, 3.05) is 7.11 Å². The van der Waals surface area contributed by atoms with E-state index >= 15 is 0 Å². The highest BCUT2D eigenvalue weighted by molar-refractivity contribution is 9.10. The Hall–Kier alpha value is -1.30. The lowest BCUT2D eigenvalue weighted by Gasteiger charge is -2.05. The zero-order valence-electron chi connectivity index (χ0n) is 6.78. The van der Waals surface area contributed by atoms with Gasteiger partial charge in [-0.3, -0.25) is 0 Å². The molecule has 1 rings (SSSR count). The maximum atomic E-state index is 10.4. The molecule has 5 nitrogen and oxygen atoms in total. The van der Waals surface area contributed by atoms with Gasteiger partial charge in [0.1, 0.15) is 0 Å². The van der Waals surface area contributed by atoms with Crippen molar-refractivity contribution in [2.45, 2.75) is 0 Å². The van der Waals surface area contributed by atoms with Crippen LogP contribution in [0, 0.1) is 0 Å². The quantitative estimate of drug-likeness (QED) is 0.854. The Balaban J connectivity index is 3.01. The van der Waals surface area contributed by atoms with Crippen molar-refractivity contribution >= 4 is 22.0 Å². The number of methoxy groups -OCH3 is 1. The predicted molar refractivity (Wildman–Crippen MR) is 48.7 cm³/mol. The number of amides is 1. The molecule has 13 heavy (non-hydrogen) atoms. The normalized spacial score (nSPS) is 9.38. The third-order valence-corrected chi connectivity index (χ3v) is 1.62. The minimum Gasteiger partial charge on any atom is -0.478 e. The molecule has 1 amide bonds. The zero-order chi connectivity index (χ0) is 9.84. The van der Waals surface area contributed by atoms with Crippen molar-refractivity contribution in [2.24, 2.45) is 5.73 Å². The Bertz CT molecular complexity index is 330. The molecule has 0 unspecified atom stereocenters. The summed E-state index contributed by atoms with van der Waals surface area (Å²) in [4.78, 5) is 14.3. The van der Waals surface area contributed by atoms with Crippen molar-refractivity contribution < 1.29 is 14.3 Å². The monoisotopic (exact) mass is 246 g/mol. The topological polar surface area (TPSA) is 74.4 Å². The van der Waals surface area contributed by atoms with Crippen LogP contribution in [0.5, 0.6) is 11.6 Å². The molecule has 0 bridgehead atoms. The van der Waals surface area contributed by atoms with E-state index in [1.807, 2.05) is 0 Å². The third kappa shape index (κ3) is 2.59. The van der Waals surface area contributed by atoms with Crippen LogP contribution in [-0.2, 0) is 0 Å². The molecule has 0 aliphatic heterocycles. The molecule has 0 spiro atoms. The largest absolute Gasteiger partial charge is 0.478 e. The first-order valence-electron chi connectivity index (χ1n) is 3.30.